The molecular formula is C18H22N2O4. The second-order valence-corrected chi connectivity index (χ2v) is 6.61. The number of benzene rings is 1. The third-order valence-corrected chi connectivity index (χ3v) is 4.82. The first-order chi connectivity index (χ1) is 11.7. The molecule has 1 aliphatic carbocycles. The van der Waals surface area contributed by atoms with Crippen LogP contribution >= 0.6 is 0 Å². The van der Waals surface area contributed by atoms with Gasteiger partial charge in [-0.2, -0.15) is 0 Å². The van der Waals surface area contributed by atoms with Gasteiger partial charge in [-0.3, -0.25) is 9.59 Å². The summed E-state index contributed by atoms with van der Waals surface area (Å²) in [4.78, 5) is 28.7. The summed E-state index contributed by atoms with van der Waals surface area (Å²) in [5.41, 5.74) is 1.57. The van der Waals surface area contributed by atoms with Crippen molar-refractivity contribution in [2.24, 2.45) is 5.92 Å². The summed E-state index contributed by atoms with van der Waals surface area (Å²) in [5.74, 6) is 1.21. The van der Waals surface area contributed by atoms with E-state index in [0.29, 0.717) is 51.6 Å². The monoisotopic (exact) mass is 330 g/mol. The van der Waals surface area contributed by atoms with Gasteiger partial charge in [-0.1, -0.05) is 0 Å². The maximum absolute atomic E-state index is 12.7. The first-order valence-electron chi connectivity index (χ1n) is 8.64. The summed E-state index contributed by atoms with van der Waals surface area (Å²) in [5, 5.41) is 0. The molecule has 3 aliphatic rings. The quantitative estimate of drug-likeness (QED) is 0.820. The van der Waals surface area contributed by atoms with Crippen LogP contribution in [0, 0.1) is 5.92 Å². The van der Waals surface area contributed by atoms with Gasteiger partial charge in [-0.25, -0.2) is 0 Å². The molecule has 4 rings (SSSR count). The predicted molar refractivity (Wildman–Crippen MR) is 86.8 cm³/mol. The summed E-state index contributed by atoms with van der Waals surface area (Å²) >= 11 is 0. The molecule has 1 aromatic carbocycles. The van der Waals surface area contributed by atoms with Crippen molar-refractivity contribution in [3.63, 3.8) is 0 Å². The number of hydrogen-bond acceptors (Lipinski definition) is 4. The Hall–Kier alpha value is -2.08. The largest absolute Gasteiger partial charge is 0.491 e. The Morgan fingerprint density at radius 3 is 2.50 bits per heavy atom. The fourth-order valence-corrected chi connectivity index (χ4v) is 3.25. The number of amides is 2. The number of carbonyl (C=O) groups excluding carboxylic acids is 2. The Labute approximate surface area is 141 Å². The van der Waals surface area contributed by atoms with E-state index < -0.39 is 0 Å². The molecular weight excluding hydrogens is 308 g/mol. The van der Waals surface area contributed by atoms with Gasteiger partial charge in [0.1, 0.15) is 12.4 Å². The molecule has 2 aliphatic heterocycles. The van der Waals surface area contributed by atoms with Crippen LogP contribution in [0.1, 0.15) is 28.8 Å². The number of rotatable bonds is 2. The number of ether oxygens (including phenoxy) is 2. The maximum atomic E-state index is 12.7. The van der Waals surface area contributed by atoms with E-state index in [9.17, 15) is 9.59 Å². The predicted octanol–water partition coefficient (Wildman–Crippen LogP) is 1.29. The van der Waals surface area contributed by atoms with Gasteiger partial charge in [0, 0.05) is 36.7 Å². The SMILES string of the molecule is O=C(c1ccc2c(c1)CN(C(=O)C1CC1)CCO2)N1CCOCC1. The van der Waals surface area contributed by atoms with Crippen LogP contribution in [0.4, 0.5) is 0 Å². The van der Waals surface area contributed by atoms with Crippen molar-refractivity contribution in [3.8, 4) is 5.75 Å². The summed E-state index contributed by atoms with van der Waals surface area (Å²) in [6.07, 6.45) is 2.00. The van der Waals surface area contributed by atoms with Gasteiger partial charge in [0.05, 0.1) is 19.8 Å². The summed E-state index contributed by atoms with van der Waals surface area (Å²) in [7, 11) is 0. The Balaban J connectivity index is 1.54. The van der Waals surface area contributed by atoms with Crippen LogP contribution in [0.25, 0.3) is 0 Å². The average molecular weight is 330 g/mol. The third kappa shape index (κ3) is 3.11. The first kappa shape index (κ1) is 15.4. The van der Waals surface area contributed by atoms with Crippen LogP contribution in [0.3, 0.4) is 0 Å². The number of hydrogen-bond donors (Lipinski definition) is 0. The lowest BCUT2D eigenvalue weighted by molar-refractivity contribution is -0.133. The van der Waals surface area contributed by atoms with E-state index in [4.69, 9.17) is 9.47 Å². The van der Waals surface area contributed by atoms with Gasteiger partial charge in [0.15, 0.2) is 0 Å². The van der Waals surface area contributed by atoms with E-state index >= 15 is 0 Å². The molecule has 1 saturated carbocycles. The Morgan fingerprint density at radius 1 is 1.00 bits per heavy atom. The molecule has 0 radical (unpaired) electrons. The van der Waals surface area contributed by atoms with Crippen LogP contribution in [-0.2, 0) is 16.1 Å². The van der Waals surface area contributed by atoms with E-state index in [1.165, 1.54) is 0 Å². The molecule has 2 fully saturated rings. The molecule has 0 aromatic heterocycles. The number of morpholine rings is 1. The summed E-state index contributed by atoms with van der Waals surface area (Å²) < 4.78 is 11.1. The van der Waals surface area contributed by atoms with E-state index in [0.717, 1.165) is 24.2 Å². The maximum Gasteiger partial charge on any atom is 0.254 e. The van der Waals surface area contributed by atoms with E-state index in [-0.39, 0.29) is 17.7 Å². The molecule has 0 N–H and O–H groups in total. The minimum Gasteiger partial charge on any atom is -0.491 e. The van der Waals surface area contributed by atoms with Gasteiger partial charge < -0.3 is 19.3 Å². The molecule has 1 aromatic rings. The van der Waals surface area contributed by atoms with Crippen LogP contribution < -0.4 is 4.74 Å². The lowest BCUT2D eigenvalue weighted by atomic mass is 10.1. The molecule has 0 atom stereocenters. The summed E-state index contributed by atoms with van der Waals surface area (Å²) in [6.45, 7) is 4.05. The molecule has 2 heterocycles. The van der Waals surface area contributed by atoms with Crippen LogP contribution in [0.2, 0.25) is 0 Å². The Kier molecular flexibility index (Phi) is 4.14. The molecule has 6 heteroatoms. The Bertz CT molecular complexity index is 650. The molecule has 2 amide bonds. The zero-order chi connectivity index (χ0) is 16.5. The van der Waals surface area contributed by atoms with E-state index in [1.807, 2.05) is 28.0 Å². The standard InChI is InChI=1S/C18H22N2O4/c21-17(13-1-2-13)20-7-10-24-16-4-3-14(11-15(16)12-20)18(22)19-5-8-23-9-6-19/h3-4,11,13H,1-2,5-10,12H2. The van der Waals surface area contributed by atoms with Crippen molar-refractivity contribution in [1.82, 2.24) is 9.80 Å². The van der Waals surface area contributed by atoms with Gasteiger partial charge in [0.2, 0.25) is 5.91 Å². The van der Waals surface area contributed by atoms with Crippen LogP contribution in [0.15, 0.2) is 18.2 Å². The van der Waals surface area contributed by atoms with Crippen LogP contribution in [0.5, 0.6) is 5.75 Å². The molecule has 0 spiro atoms. The van der Waals surface area contributed by atoms with Crippen LogP contribution in [-0.4, -0.2) is 61.1 Å². The number of nitrogens with zero attached hydrogens (tertiary/aromatic N) is 2. The second-order valence-electron chi connectivity index (χ2n) is 6.61. The van der Waals surface area contributed by atoms with Gasteiger partial charge in [-0.15, -0.1) is 0 Å². The van der Waals surface area contributed by atoms with Crippen molar-refractivity contribution in [2.45, 2.75) is 19.4 Å². The van der Waals surface area contributed by atoms with E-state index in [2.05, 4.69) is 0 Å². The highest BCUT2D eigenvalue weighted by Gasteiger charge is 2.34. The number of fused-ring (bicyclic) bond motifs is 1. The highest BCUT2D eigenvalue weighted by molar-refractivity contribution is 5.94. The molecule has 128 valence electrons. The lowest BCUT2D eigenvalue weighted by Gasteiger charge is -2.27. The normalized spacial score (nSPS) is 20.8. The molecule has 6 nitrogen and oxygen atoms in total. The summed E-state index contributed by atoms with van der Waals surface area (Å²) in [6, 6.07) is 5.55. The minimum absolute atomic E-state index is 0.0189. The highest BCUT2D eigenvalue weighted by Crippen LogP contribution is 2.33. The zero-order valence-corrected chi connectivity index (χ0v) is 13.7. The fourth-order valence-electron chi connectivity index (χ4n) is 3.25. The first-order valence-corrected chi connectivity index (χ1v) is 8.64. The third-order valence-electron chi connectivity index (χ3n) is 4.82. The molecule has 24 heavy (non-hydrogen) atoms. The zero-order valence-electron chi connectivity index (χ0n) is 13.7. The minimum atomic E-state index is 0.0189. The second kappa shape index (κ2) is 6.43. The molecule has 0 bridgehead atoms. The van der Waals surface area contributed by atoms with Crippen molar-refractivity contribution >= 4 is 11.8 Å². The van der Waals surface area contributed by atoms with Gasteiger partial charge in [0.25, 0.3) is 5.91 Å². The van der Waals surface area contributed by atoms with Crippen molar-refractivity contribution in [2.75, 3.05) is 39.5 Å². The van der Waals surface area contributed by atoms with Gasteiger partial charge in [-0.05, 0) is 31.0 Å². The number of carbonyl (C=O) groups is 2. The fraction of sp³-hybridized carbons (Fsp3) is 0.556. The van der Waals surface area contributed by atoms with Gasteiger partial charge >= 0.3 is 0 Å². The highest BCUT2D eigenvalue weighted by atomic mass is 16.5. The van der Waals surface area contributed by atoms with E-state index in [1.54, 1.807) is 0 Å². The molecule has 0 unspecified atom stereocenters. The Morgan fingerprint density at radius 2 is 1.75 bits per heavy atom. The smallest absolute Gasteiger partial charge is 0.254 e. The van der Waals surface area contributed by atoms with Crippen molar-refractivity contribution in [1.29, 1.82) is 0 Å². The van der Waals surface area contributed by atoms with Crippen molar-refractivity contribution in [3.05, 3.63) is 29.3 Å². The lowest BCUT2D eigenvalue weighted by Crippen LogP contribution is -2.40. The average Bonchev–Trinajstić information content (AvgIpc) is 3.47. The molecule has 1 saturated heterocycles. The van der Waals surface area contributed by atoms with Crippen molar-refractivity contribution < 1.29 is 19.1 Å². The topological polar surface area (TPSA) is 59.1 Å².